The van der Waals surface area contributed by atoms with E-state index in [1.165, 1.54) is 68.6 Å². The number of thiophene rings is 1. The van der Waals surface area contributed by atoms with Gasteiger partial charge in [0, 0.05) is 4.70 Å². The van der Waals surface area contributed by atoms with Crippen LogP contribution in [0.5, 0.6) is 0 Å². The Labute approximate surface area is 219 Å². The minimum atomic E-state index is -1.54. The summed E-state index contributed by atoms with van der Waals surface area (Å²) in [5.41, 5.74) is 13.4. The van der Waals surface area contributed by atoms with Crippen LogP contribution in [0.25, 0.3) is 10.1 Å². The molecule has 1 aromatic heterocycles. The highest BCUT2D eigenvalue weighted by atomic mass is 32.1. The minimum Gasteiger partial charge on any atom is -0.144 e. The maximum atomic E-state index is 3.94. The van der Waals surface area contributed by atoms with Crippen molar-refractivity contribution < 1.29 is 0 Å². The highest BCUT2D eigenvalue weighted by molar-refractivity contribution is 7.17. The molecule has 2 unspecified atom stereocenters. The molecule has 0 bridgehead atoms. The van der Waals surface area contributed by atoms with E-state index in [-0.39, 0.29) is 11.8 Å². The van der Waals surface area contributed by atoms with E-state index in [0.29, 0.717) is 0 Å². The van der Waals surface area contributed by atoms with Crippen molar-refractivity contribution >= 4 is 37.6 Å². The van der Waals surface area contributed by atoms with Gasteiger partial charge in [-0.1, -0.05) is 77.6 Å². The van der Waals surface area contributed by atoms with Crippen LogP contribution in [-0.2, 0) is 0 Å². The molecule has 1 aliphatic carbocycles. The molecule has 0 saturated carbocycles. The van der Waals surface area contributed by atoms with Gasteiger partial charge in [-0.15, -0.1) is 22.4 Å². The summed E-state index contributed by atoms with van der Waals surface area (Å²) in [6.07, 6.45) is 0. The Morgan fingerprint density at radius 1 is 0.629 bits per heavy atom. The van der Waals surface area contributed by atoms with E-state index in [0.717, 1.165) is 0 Å². The summed E-state index contributed by atoms with van der Waals surface area (Å²) >= 11 is 1.84. The standard InChI is InChI=1S/C32H40SSi2/c1-7-34(8-2,9-3)21-18-28-26-15-13-14-16-27(26)29(19-22-35(10-4,11-5)12-6)31-24-32-25(17-20-33-32)23-30(28)31/h13-17,20,23-24,28-29H,7-12H2,1-6H3. The van der Waals surface area contributed by atoms with Gasteiger partial charge in [-0.25, -0.2) is 0 Å². The van der Waals surface area contributed by atoms with Crippen LogP contribution in [0.4, 0.5) is 0 Å². The third-order valence-electron chi connectivity index (χ3n) is 8.92. The first-order valence-electron chi connectivity index (χ1n) is 13.6. The van der Waals surface area contributed by atoms with Crippen LogP contribution in [0.1, 0.15) is 75.6 Å². The van der Waals surface area contributed by atoms with Gasteiger partial charge in [-0.05, 0) is 87.5 Å². The monoisotopic (exact) mass is 512 g/mol. The Balaban J connectivity index is 1.95. The number of rotatable bonds is 6. The smallest absolute Gasteiger partial charge is 0.137 e. The average Bonchev–Trinajstić information content (AvgIpc) is 3.37. The predicted octanol–water partition coefficient (Wildman–Crippen LogP) is 9.58. The molecule has 0 N–H and O–H groups in total. The van der Waals surface area contributed by atoms with Crippen molar-refractivity contribution in [2.45, 2.75) is 89.6 Å². The molecular weight excluding hydrogens is 473 g/mol. The summed E-state index contributed by atoms with van der Waals surface area (Å²) in [7, 11) is -3.08. The molecular formula is C32H40SSi2. The van der Waals surface area contributed by atoms with E-state index in [2.05, 4.69) is 112 Å². The molecule has 3 aromatic rings. The zero-order valence-corrected chi connectivity index (χ0v) is 25.2. The number of fused-ring (bicyclic) bond motifs is 3. The normalized spacial score (nSPS) is 17.1. The van der Waals surface area contributed by atoms with Gasteiger partial charge in [0.2, 0.25) is 0 Å². The van der Waals surface area contributed by atoms with Crippen molar-refractivity contribution in [3.63, 3.8) is 0 Å². The second-order valence-corrected chi connectivity index (χ2v) is 21.0. The first-order valence-corrected chi connectivity index (χ1v) is 19.8. The zero-order chi connectivity index (χ0) is 25.1. The fourth-order valence-electron chi connectivity index (χ4n) is 5.71. The Hall–Kier alpha value is -2.05. The van der Waals surface area contributed by atoms with Crippen LogP contribution in [0.3, 0.4) is 0 Å². The van der Waals surface area contributed by atoms with E-state index in [9.17, 15) is 0 Å². The Morgan fingerprint density at radius 3 is 1.54 bits per heavy atom. The SMILES string of the molecule is CC[Si](C#CC1c2ccccc2C(C#C[Si](CC)(CC)CC)c2cc3sccc3cc21)(CC)CC. The van der Waals surface area contributed by atoms with Crippen molar-refractivity contribution in [3.05, 3.63) is 70.1 Å². The van der Waals surface area contributed by atoms with E-state index in [4.69, 9.17) is 0 Å². The van der Waals surface area contributed by atoms with Crippen LogP contribution in [-0.4, -0.2) is 16.1 Å². The predicted molar refractivity (Wildman–Crippen MR) is 162 cm³/mol. The maximum Gasteiger partial charge on any atom is 0.137 e. The number of hydrogen-bond donors (Lipinski definition) is 0. The van der Waals surface area contributed by atoms with Gasteiger partial charge >= 0.3 is 0 Å². The average molecular weight is 513 g/mol. The molecule has 2 atom stereocenters. The molecule has 0 nitrogen and oxygen atoms in total. The lowest BCUT2D eigenvalue weighted by Crippen LogP contribution is -2.30. The molecule has 4 rings (SSSR count). The van der Waals surface area contributed by atoms with Gasteiger partial charge in [-0.3, -0.25) is 0 Å². The van der Waals surface area contributed by atoms with E-state index in [1.54, 1.807) is 0 Å². The molecule has 0 fully saturated rings. The quantitative estimate of drug-likeness (QED) is 0.228. The second kappa shape index (κ2) is 10.9. The summed E-state index contributed by atoms with van der Waals surface area (Å²) in [6.45, 7) is 14.1. The molecule has 1 heterocycles. The van der Waals surface area contributed by atoms with E-state index < -0.39 is 16.1 Å². The molecule has 0 aliphatic heterocycles. The highest BCUT2D eigenvalue weighted by Gasteiger charge is 2.33. The topological polar surface area (TPSA) is 0 Å². The third kappa shape index (κ3) is 4.84. The summed E-state index contributed by atoms with van der Waals surface area (Å²) in [5.74, 6) is 8.06. The van der Waals surface area contributed by atoms with Gasteiger partial charge in [0.25, 0.3) is 0 Å². The largest absolute Gasteiger partial charge is 0.144 e. The summed E-state index contributed by atoms with van der Waals surface area (Å²) < 4.78 is 1.37. The molecule has 35 heavy (non-hydrogen) atoms. The Bertz CT molecular complexity index is 1190. The van der Waals surface area contributed by atoms with Crippen molar-refractivity contribution in [2.24, 2.45) is 0 Å². The van der Waals surface area contributed by atoms with Gasteiger partial charge < -0.3 is 0 Å². The van der Waals surface area contributed by atoms with Crippen molar-refractivity contribution in [3.8, 4) is 22.9 Å². The van der Waals surface area contributed by atoms with Crippen LogP contribution in [0, 0.1) is 22.9 Å². The molecule has 0 radical (unpaired) electrons. The highest BCUT2D eigenvalue weighted by Crippen LogP contribution is 2.45. The lowest BCUT2D eigenvalue weighted by molar-refractivity contribution is 0.891. The third-order valence-corrected chi connectivity index (χ3v) is 19.3. The van der Waals surface area contributed by atoms with Crippen LogP contribution in [0.15, 0.2) is 47.8 Å². The molecule has 1 aliphatic rings. The summed E-state index contributed by atoms with van der Waals surface area (Å²) in [6, 6.07) is 23.6. The van der Waals surface area contributed by atoms with E-state index >= 15 is 0 Å². The van der Waals surface area contributed by atoms with Gasteiger partial charge in [0.15, 0.2) is 0 Å². The van der Waals surface area contributed by atoms with Gasteiger partial charge in [0.1, 0.15) is 16.1 Å². The second-order valence-electron chi connectivity index (χ2n) is 10.2. The maximum absolute atomic E-state index is 3.94. The van der Waals surface area contributed by atoms with Crippen molar-refractivity contribution in [2.75, 3.05) is 0 Å². The van der Waals surface area contributed by atoms with Crippen LogP contribution >= 0.6 is 11.3 Å². The number of benzene rings is 2. The molecule has 0 amide bonds. The molecule has 2 aromatic carbocycles. The minimum absolute atomic E-state index is 0.144. The fourth-order valence-corrected chi connectivity index (χ4v) is 11.5. The van der Waals surface area contributed by atoms with Gasteiger partial charge in [0.05, 0.1) is 11.8 Å². The summed E-state index contributed by atoms with van der Waals surface area (Å²) in [5, 5.41) is 3.56. The Kier molecular flexibility index (Phi) is 8.12. The Morgan fingerprint density at radius 2 is 1.09 bits per heavy atom. The molecule has 0 spiro atoms. The summed E-state index contributed by atoms with van der Waals surface area (Å²) in [4.78, 5) is 0. The van der Waals surface area contributed by atoms with Gasteiger partial charge in [-0.2, -0.15) is 0 Å². The van der Waals surface area contributed by atoms with E-state index in [1.807, 2.05) is 11.3 Å². The number of hydrogen-bond acceptors (Lipinski definition) is 1. The molecule has 3 heteroatoms. The molecule has 0 saturated heterocycles. The first kappa shape index (κ1) is 26.0. The molecule has 182 valence electrons. The lowest BCUT2D eigenvalue weighted by Gasteiger charge is -2.31. The zero-order valence-electron chi connectivity index (χ0n) is 22.4. The van der Waals surface area contributed by atoms with Crippen molar-refractivity contribution in [1.82, 2.24) is 0 Å². The van der Waals surface area contributed by atoms with Crippen molar-refractivity contribution in [1.29, 1.82) is 0 Å². The van der Waals surface area contributed by atoms with Crippen LogP contribution in [0.2, 0.25) is 36.3 Å². The van der Waals surface area contributed by atoms with Crippen LogP contribution < -0.4 is 0 Å². The lowest BCUT2D eigenvalue weighted by atomic mass is 9.73. The fraction of sp³-hybridized carbons (Fsp3) is 0.438. The first-order chi connectivity index (χ1) is 17.0.